The summed E-state index contributed by atoms with van der Waals surface area (Å²) in [5.74, 6) is -0.134. The summed E-state index contributed by atoms with van der Waals surface area (Å²) >= 11 is 0. The maximum Gasteiger partial charge on any atom is 0.248 e. The maximum absolute atomic E-state index is 11.6. The van der Waals surface area contributed by atoms with Gasteiger partial charge in [0.25, 0.3) is 0 Å². The standard InChI is InChI=1S/C17H18N2O/c1-3-6-17(20)19-16-8-5-4-7-15(16)18-14-11-9-13(2)10-12-14/h3-12,18H,1-2H3,(H,19,20). The maximum atomic E-state index is 11.6. The van der Waals surface area contributed by atoms with Gasteiger partial charge in [-0.1, -0.05) is 35.9 Å². The fraction of sp³-hybridized carbons (Fsp3) is 0.118. The van der Waals surface area contributed by atoms with Crippen LogP contribution in [0.15, 0.2) is 60.7 Å². The summed E-state index contributed by atoms with van der Waals surface area (Å²) in [7, 11) is 0. The SMILES string of the molecule is CC=CC(=O)Nc1ccccc1Nc1ccc(C)cc1. The van der Waals surface area contributed by atoms with Crippen LogP contribution in [-0.4, -0.2) is 5.91 Å². The number of allylic oxidation sites excluding steroid dienone is 1. The van der Waals surface area contributed by atoms with Crippen molar-refractivity contribution in [3.8, 4) is 0 Å². The van der Waals surface area contributed by atoms with Crippen molar-refractivity contribution in [2.45, 2.75) is 13.8 Å². The van der Waals surface area contributed by atoms with Crippen LogP contribution >= 0.6 is 0 Å². The number of nitrogens with one attached hydrogen (secondary N) is 2. The van der Waals surface area contributed by atoms with Crippen molar-refractivity contribution >= 4 is 23.0 Å². The molecule has 102 valence electrons. The Balaban J connectivity index is 2.19. The van der Waals surface area contributed by atoms with E-state index < -0.39 is 0 Å². The lowest BCUT2D eigenvalue weighted by molar-refractivity contribution is -0.111. The van der Waals surface area contributed by atoms with Gasteiger partial charge >= 0.3 is 0 Å². The third kappa shape index (κ3) is 3.72. The number of carbonyl (C=O) groups excluding carboxylic acids is 1. The Morgan fingerprint density at radius 1 is 1.00 bits per heavy atom. The zero-order chi connectivity index (χ0) is 14.4. The molecular formula is C17H18N2O. The molecule has 0 bridgehead atoms. The molecule has 0 saturated carbocycles. The summed E-state index contributed by atoms with van der Waals surface area (Å²) in [6.45, 7) is 3.87. The van der Waals surface area contributed by atoms with E-state index in [4.69, 9.17) is 0 Å². The molecule has 0 aromatic heterocycles. The summed E-state index contributed by atoms with van der Waals surface area (Å²) in [6, 6.07) is 15.8. The van der Waals surface area contributed by atoms with Crippen LogP contribution in [0, 0.1) is 6.92 Å². The lowest BCUT2D eigenvalue weighted by Crippen LogP contribution is -2.09. The zero-order valence-corrected chi connectivity index (χ0v) is 11.7. The molecule has 0 heterocycles. The van der Waals surface area contributed by atoms with E-state index in [2.05, 4.69) is 17.6 Å². The molecule has 2 rings (SSSR count). The Morgan fingerprint density at radius 3 is 2.30 bits per heavy atom. The highest BCUT2D eigenvalue weighted by molar-refractivity contribution is 6.01. The van der Waals surface area contributed by atoms with Gasteiger partial charge in [-0.3, -0.25) is 4.79 Å². The Kier molecular flexibility index (Phi) is 4.56. The monoisotopic (exact) mass is 266 g/mol. The van der Waals surface area contributed by atoms with Crippen molar-refractivity contribution in [3.63, 3.8) is 0 Å². The van der Waals surface area contributed by atoms with Crippen molar-refractivity contribution in [1.29, 1.82) is 0 Å². The van der Waals surface area contributed by atoms with Crippen LogP contribution in [0.5, 0.6) is 0 Å². The van der Waals surface area contributed by atoms with Gasteiger partial charge in [0, 0.05) is 5.69 Å². The van der Waals surface area contributed by atoms with Gasteiger partial charge in [-0.05, 0) is 44.2 Å². The summed E-state index contributed by atoms with van der Waals surface area (Å²) in [5.41, 5.74) is 3.83. The summed E-state index contributed by atoms with van der Waals surface area (Å²) < 4.78 is 0. The van der Waals surface area contributed by atoms with Gasteiger partial charge in [0.2, 0.25) is 5.91 Å². The highest BCUT2D eigenvalue weighted by Gasteiger charge is 2.04. The third-order valence-electron chi connectivity index (χ3n) is 2.83. The molecule has 1 amide bonds. The number of hydrogen-bond acceptors (Lipinski definition) is 2. The average molecular weight is 266 g/mol. The van der Waals surface area contributed by atoms with E-state index in [1.54, 1.807) is 6.08 Å². The van der Waals surface area contributed by atoms with E-state index in [1.165, 1.54) is 11.6 Å². The second kappa shape index (κ2) is 6.57. The topological polar surface area (TPSA) is 41.1 Å². The summed E-state index contributed by atoms with van der Waals surface area (Å²) in [4.78, 5) is 11.6. The number of aryl methyl sites for hydroxylation is 1. The Bertz CT molecular complexity index is 615. The fourth-order valence-corrected chi connectivity index (χ4v) is 1.82. The number of anilines is 3. The molecule has 3 heteroatoms. The lowest BCUT2D eigenvalue weighted by Gasteiger charge is -2.12. The molecule has 0 aliphatic heterocycles. The molecule has 0 radical (unpaired) electrons. The first kappa shape index (κ1) is 13.9. The van der Waals surface area contributed by atoms with Crippen LogP contribution in [0.4, 0.5) is 17.1 Å². The Hall–Kier alpha value is -2.55. The molecule has 0 spiro atoms. The predicted octanol–water partition coefficient (Wildman–Crippen LogP) is 4.25. The molecule has 0 atom stereocenters. The van der Waals surface area contributed by atoms with Crippen molar-refractivity contribution in [2.24, 2.45) is 0 Å². The first-order valence-corrected chi connectivity index (χ1v) is 6.55. The minimum Gasteiger partial charge on any atom is -0.354 e. The number of rotatable bonds is 4. The molecule has 0 aliphatic rings. The zero-order valence-electron chi connectivity index (χ0n) is 11.7. The number of benzene rings is 2. The number of para-hydroxylation sites is 2. The van der Waals surface area contributed by atoms with E-state index in [-0.39, 0.29) is 5.91 Å². The molecule has 2 aromatic carbocycles. The molecular weight excluding hydrogens is 248 g/mol. The molecule has 3 nitrogen and oxygen atoms in total. The number of amides is 1. The molecule has 0 aliphatic carbocycles. The summed E-state index contributed by atoms with van der Waals surface area (Å²) in [5, 5.41) is 6.16. The van der Waals surface area contributed by atoms with Crippen LogP contribution in [0.2, 0.25) is 0 Å². The van der Waals surface area contributed by atoms with Crippen LogP contribution in [0.3, 0.4) is 0 Å². The van der Waals surface area contributed by atoms with Crippen molar-refractivity contribution in [1.82, 2.24) is 0 Å². The Morgan fingerprint density at radius 2 is 1.65 bits per heavy atom. The molecule has 20 heavy (non-hydrogen) atoms. The van der Waals surface area contributed by atoms with Gasteiger partial charge in [-0.2, -0.15) is 0 Å². The van der Waals surface area contributed by atoms with Crippen LogP contribution in [0.25, 0.3) is 0 Å². The van der Waals surface area contributed by atoms with E-state index >= 15 is 0 Å². The second-order valence-electron chi connectivity index (χ2n) is 4.53. The average Bonchev–Trinajstić information content (AvgIpc) is 2.44. The van der Waals surface area contributed by atoms with E-state index in [0.717, 1.165) is 17.1 Å². The lowest BCUT2D eigenvalue weighted by atomic mass is 10.2. The molecule has 0 saturated heterocycles. The van der Waals surface area contributed by atoms with Gasteiger partial charge < -0.3 is 10.6 Å². The molecule has 0 unspecified atom stereocenters. The first-order valence-electron chi connectivity index (χ1n) is 6.55. The highest BCUT2D eigenvalue weighted by atomic mass is 16.1. The molecule has 0 fully saturated rings. The number of hydrogen-bond donors (Lipinski definition) is 2. The quantitative estimate of drug-likeness (QED) is 0.812. The normalized spacial score (nSPS) is 10.5. The minimum atomic E-state index is -0.134. The second-order valence-corrected chi connectivity index (χ2v) is 4.53. The Labute approximate surface area is 119 Å². The summed E-state index contributed by atoms with van der Waals surface area (Å²) in [6.07, 6.45) is 3.22. The first-order chi connectivity index (χ1) is 9.69. The van der Waals surface area contributed by atoms with Gasteiger partial charge in [0.05, 0.1) is 11.4 Å². The van der Waals surface area contributed by atoms with Crippen LogP contribution in [0.1, 0.15) is 12.5 Å². The van der Waals surface area contributed by atoms with Crippen molar-refractivity contribution in [3.05, 3.63) is 66.2 Å². The molecule has 2 aromatic rings. The van der Waals surface area contributed by atoms with Crippen molar-refractivity contribution < 1.29 is 4.79 Å². The van der Waals surface area contributed by atoms with E-state index in [0.29, 0.717) is 0 Å². The van der Waals surface area contributed by atoms with E-state index in [1.807, 2.05) is 55.5 Å². The van der Waals surface area contributed by atoms with Crippen LogP contribution in [-0.2, 0) is 4.79 Å². The van der Waals surface area contributed by atoms with Gasteiger partial charge in [-0.15, -0.1) is 0 Å². The molecule has 2 N–H and O–H groups in total. The smallest absolute Gasteiger partial charge is 0.248 e. The van der Waals surface area contributed by atoms with Gasteiger partial charge in [0.15, 0.2) is 0 Å². The fourth-order valence-electron chi connectivity index (χ4n) is 1.82. The largest absolute Gasteiger partial charge is 0.354 e. The van der Waals surface area contributed by atoms with Gasteiger partial charge in [0.1, 0.15) is 0 Å². The third-order valence-corrected chi connectivity index (χ3v) is 2.83. The predicted molar refractivity (Wildman–Crippen MR) is 84.3 cm³/mol. The number of carbonyl (C=O) groups is 1. The minimum absolute atomic E-state index is 0.134. The van der Waals surface area contributed by atoms with Crippen LogP contribution < -0.4 is 10.6 Å². The van der Waals surface area contributed by atoms with E-state index in [9.17, 15) is 4.79 Å². The van der Waals surface area contributed by atoms with Crippen molar-refractivity contribution in [2.75, 3.05) is 10.6 Å². The van der Waals surface area contributed by atoms with Gasteiger partial charge in [-0.25, -0.2) is 0 Å². The highest BCUT2D eigenvalue weighted by Crippen LogP contribution is 2.25.